The Hall–Kier alpha value is -1.56. The maximum Gasteiger partial charge on any atom is 0.326 e. The first-order valence-electron chi connectivity index (χ1n) is 6.46. The quantitative estimate of drug-likeness (QED) is 0.869. The molecule has 2 unspecified atom stereocenters. The number of anilines is 1. The van der Waals surface area contributed by atoms with Gasteiger partial charge in [-0.15, -0.1) is 0 Å². The van der Waals surface area contributed by atoms with Crippen LogP contribution >= 0.6 is 15.9 Å². The topological polar surface area (TPSA) is 69.6 Å². The summed E-state index contributed by atoms with van der Waals surface area (Å²) in [5, 5.41) is 12.0. The molecule has 1 heterocycles. The van der Waals surface area contributed by atoms with E-state index >= 15 is 0 Å². The summed E-state index contributed by atoms with van der Waals surface area (Å²) in [5.74, 6) is -0.974. The van der Waals surface area contributed by atoms with Crippen molar-refractivity contribution in [2.45, 2.75) is 26.3 Å². The fraction of sp³-hybridized carbons (Fsp3) is 0.429. The molecule has 20 heavy (non-hydrogen) atoms. The fourth-order valence-electron chi connectivity index (χ4n) is 2.47. The highest BCUT2D eigenvalue weighted by Crippen LogP contribution is 2.26. The van der Waals surface area contributed by atoms with Gasteiger partial charge in [-0.1, -0.05) is 28.9 Å². The van der Waals surface area contributed by atoms with Crippen molar-refractivity contribution in [3.05, 3.63) is 28.2 Å². The molecule has 1 aliphatic heterocycles. The Morgan fingerprint density at radius 3 is 2.80 bits per heavy atom. The number of amides is 2. The van der Waals surface area contributed by atoms with E-state index in [0.717, 1.165) is 10.0 Å². The van der Waals surface area contributed by atoms with Crippen molar-refractivity contribution < 1.29 is 14.7 Å². The van der Waals surface area contributed by atoms with Gasteiger partial charge in [0.15, 0.2) is 0 Å². The zero-order valence-corrected chi connectivity index (χ0v) is 13.0. The molecule has 108 valence electrons. The number of rotatable bonds is 2. The predicted octanol–water partition coefficient (Wildman–Crippen LogP) is 3.08. The van der Waals surface area contributed by atoms with Crippen molar-refractivity contribution in [1.29, 1.82) is 0 Å². The lowest BCUT2D eigenvalue weighted by molar-refractivity contribution is -0.142. The molecule has 0 saturated carbocycles. The van der Waals surface area contributed by atoms with Crippen molar-refractivity contribution in [3.63, 3.8) is 0 Å². The molecular formula is C14H17BrN2O3. The number of aliphatic carboxylic acids is 1. The van der Waals surface area contributed by atoms with E-state index in [9.17, 15) is 14.7 Å². The third-order valence-corrected chi connectivity index (χ3v) is 4.15. The molecule has 2 atom stereocenters. The first-order valence-corrected chi connectivity index (χ1v) is 7.26. The largest absolute Gasteiger partial charge is 0.480 e. The van der Waals surface area contributed by atoms with E-state index in [1.165, 1.54) is 4.90 Å². The van der Waals surface area contributed by atoms with Crippen LogP contribution in [0.2, 0.25) is 0 Å². The van der Waals surface area contributed by atoms with Crippen LogP contribution < -0.4 is 5.32 Å². The summed E-state index contributed by atoms with van der Waals surface area (Å²) in [7, 11) is 0. The highest BCUT2D eigenvalue weighted by molar-refractivity contribution is 9.10. The van der Waals surface area contributed by atoms with Crippen LogP contribution in [0.1, 0.15) is 18.9 Å². The molecule has 0 bridgehead atoms. The van der Waals surface area contributed by atoms with E-state index in [1.807, 2.05) is 32.0 Å². The SMILES string of the molecule is Cc1ccc(Br)cc1NC(=O)N1CCC(C)C1C(=O)O. The Labute approximate surface area is 126 Å². The molecule has 1 fully saturated rings. The number of carboxylic acids is 1. The number of nitrogens with zero attached hydrogens (tertiary/aromatic N) is 1. The smallest absolute Gasteiger partial charge is 0.326 e. The Morgan fingerprint density at radius 1 is 1.45 bits per heavy atom. The number of halogens is 1. The van der Waals surface area contributed by atoms with Gasteiger partial charge in [0.25, 0.3) is 0 Å². The van der Waals surface area contributed by atoms with E-state index < -0.39 is 12.0 Å². The Bertz CT molecular complexity index is 547. The molecule has 0 aromatic heterocycles. The van der Waals surface area contributed by atoms with Gasteiger partial charge in [0.2, 0.25) is 0 Å². The minimum Gasteiger partial charge on any atom is -0.480 e. The lowest BCUT2D eigenvalue weighted by Gasteiger charge is -2.24. The van der Waals surface area contributed by atoms with Gasteiger partial charge in [-0.25, -0.2) is 9.59 Å². The number of hydrogen-bond acceptors (Lipinski definition) is 2. The Morgan fingerprint density at radius 2 is 2.15 bits per heavy atom. The molecule has 0 aliphatic carbocycles. The molecule has 1 saturated heterocycles. The molecule has 6 heteroatoms. The average molecular weight is 341 g/mol. The maximum atomic E-state index is 12.3. The summed E-state index contributed by atoms with van der Waals surface area (Å²) < 4.78 is 0.864. The second-order valence-corrected chi connectivity index (χ2v) is 6.05. The van der Waals surface area contributed by atoms with Gasteiger partial charge >= 0.3 is 12.0 Å². The van der Waals surface area contributed by atoms with E-state index in [1.54, 1.807) is 0 Å². The molecule has 0 spiro atoms. The number of hydrogen-bond donors (Lipinski definition) is 2. The second kappa shape index (κ2) is 5.83. The van der Waals surface area contributed by atoms with Gasteiger partial charge in [-0.3, -0.25) is 0 Å². The van der Waals surface area contributed by atoms with Gasteiger partial charge in [-0.2, -0.15) is 0 Å². The number of nitrogens with one attached hydrogen (secondary N) is 1. The zero-order chi connectivity index (χ0) is 14.9. The fourth-order valence-corrected chi connectivity index (χ4v) is 2.83. The average Bonchev–Trinajstić information content (AvgIpc) is 2.76. The standard InChI is InChI=1S/C14H17BrN2O3/c1-8-3-4-10(15)7-11(8)16-14(20)17-6-5-9(2)12(17)13(18)19/h3-4,7,9,12H,5-6H2,1-2H3,(H,16,20)(H,18,19). The molecule has 2 N–H and O–H groups in total. The van der Waals surface area contributed by atoms with Crippen LogP contribution in [0, 0.1) is 12.8 Å². The normalized spacial score (nSPS) is 21.9. The maximum absolute atomic E-state index is 12.3. The third-order valence-electron chi connectivity index (χ3n) is 3.66. The van der Waals surface area contributed by atoms with E-state index in [0.29, 0.717) is 18.7 Å². The highest BCUT2D eigenvalue weighted by atomic mass is 79.9. The first-order chi connectivity index (χ1) is 9.40. The molecule has 2 rings (SSSR count). The van der Waals surface area contributed by atoms with E-state index in [2.05, 4.69) is 21.2 Å². The Balaban J connectivity index is 2.16. The predicted molar refractivity (Wildman–Crippen MR) is 79.8 cm³/mol. The third kappa shape index (κ3) is 2.95. The van der Waals surface area contributed by atoms with Crippen LogP contribution in [0.15, 0.2) is 22.7 Å². The van der Waals surface area contributed by atoms with Gasteiger partial charge < -0.3 is 15.3 Å². The van der Waals surface area contributed by atoms with E-state index in [-0.39, 0.29) is 11.9 Å². The van der Waals surface area contributed by atoms with Crippen molar-refractivity contribution in [2.75, 3.05) is 11.9 Å². The summed E-state index contributed by atoms with van der Waals surface area (Å²) >= 11 is 3.36. The van der Waals surface area contributed by atoms with Crippen LogP contribution in [0.25, 0.3) is 0 Å². The number of carbonyl (C=O) groups excluding carboxylic acids is 1. The summed E-state index contributed by atoms with van der Waals surface area (Å²) in [6, 6.07) is 4.48. The van der Waals surface area contributed by atoms with Crippen LogP contribution in [-0.4, -0.2) is 34.6 Å². The number of aryl methyl sites for hydroxylation is 1. The number of likely N-dealkylation sites (tertiary alicyclic amines) is 1. The summed E-state index contributed by atoms with van der Waals surface area (Å²) in [6.45, 7) is 4.22. The second-order valence-electron chi connectivity index (χ2n) is 5.13. The molecule has 5 nitrogen and oxygen atoms in total. The zero-order valence-electron chi connectivity index (χ0n) is 11.4. The van der Waals surface area contributed by atoms with Gasteiger partial charge in [-0.05, 0) is 37.0 Å². The van der Waals surface area contributed by atoms with Crippen LogP contribution in [0.5, 0.6) is 0 Å². The summed E-state index contributed by atoms with van der Waals surface area (Å²) in [4.78, 5) is 24.9. The first kappa shape index (κ1) is 14.8. The van der Waals surface area contributed by atoms with E-state index in [4.69, 9.17) is 0 Å². The Kier molecular flexibility index (Phi) is 4.32. The highest BCUT2D eigenvalue weighted by Gasteiger charge is 2.39. The van der Waals surface area contributed by atoms with Crippen LogP contribution in [0.4, 0.5) is 10.5 Å². The lowest BCUT2D eigenvalue weighted by atomic mass is 10.0. The van der Waals surface area contributed by atoms with Gasteiger partial charge in [0.05, 0.1) is 0 Å². The monoisotopic (exact) mass is 340 g/mol. The van der Waals surface area contributed by atoms with Crippen LogP contribution in [0.3, 0.4) is 0 Å². The van der Waals surface area contributed by atoms with Crippen molar-refractivity contribution in [2.24, 2.45) is 5.92 Å². The number of carbonyl (C=O) groups is 2. The molecule has 1 aromatic carbocycles. The van der Waals surface area contributed by atoms with Crippen molar-refractivity contribution in [3.8, 4) is 0 Å². The van der Waals surface area contributed by atoms with Crippen molar-refractivity contribution in [1.82, 2.24) is 4.90 Å². The minimum atomic E-state index is -0.948. The van der Waals surface area contributed by atoms with Gasteiger partial charge in [0.1, 0.15) is 6.04 Å². The molecule has 2 amide bonds. The number of carboxylic acid groups (broad SMARTS) is 1. The molecule has 1 aliphatic rings. The molecule has 0 radical (unpaired) electrons. The summed E-state index contributed by atoms with van der Waals surface area (Å²) in [5.41, 5.74) is 1.62. The number of benzene rings is 1. The van der Waals surface area contributed by atoms with Crippen LogP contribution in [-0.2, 0) is 4.79 Å². The van der Waals surface area contributed by atoms with Crippen molar-refractivity contribution >= 4 is 33.6 Å². The van der Waals surface area contributed by atoms with Gasteiger partial charge in [0, 0.05) is 16.7 Å². The summed E-state index contributed by atoms with van der Waals surface area (Å²) in [6.07, 6.45) is 0.710. The number of urea groups is 1. The molecular weight excluding hydrogens is 324 g/mol. The lowest BCUT2D eigenvalue weighted by Crippen LogP contribution is -2.44. The minimum absolute atomic E-state index is 0.0261. The molecule has 1 aromatic rings.